The number of carbonyl (C=O) groups excluding carboxylic acids is 3. The van der Waals surface area contributed by atoms with Gasteiger partial charge < -0.3 is 20.0 Å². The van der Waals surface area contributed by atoms with Crippen molar-refractivity contribution >= 4 is 23.4 Å². The average Bonchev–Trinajstić information content (AvgIpc) is 3.18. The molecular weight excluding hydrogens is 382 g/mol. The van der Waals surface area contributed by atoms with E-state index in [1.54, 1.807) is 29.4 Å². The van der Waals surface area contributed by atoms with E-state index in [2.05, 4.69) is 10.6 Å². The first-order valence-corrected chi connectivity index (χ1v) is 10.3. The molecule has 2 N–H and O–H groups in total. The molecule has 1 aromatic heterocycles. The van der Waals surface area contributed by atoms with Crippen molar-refractivity contribution in [2.24, 2.45) is 5.41 Å². The monoisotopic (exact) mass is 409 g/mol. The van der Waals surface area contributed by atoms with Crippen LogP contribution in [0.2, 0.25) is 0 Å². The van der Waals surface area contributed by atoms with Crippen LogP contribution < -0.4 is 10.6 Å². The molecule has 3 heterocycles. The van der Waals surface area contributed by atoms with E-state index >= 15 is 0 Å². The van der Waals surface area contributed by atoms with Crippen LogP contribution in [0.15, 0.2) is 41.0 Å². The molecule has 1 saturated heterocycles. The minimum atomic E-state index is -0.606. The Morgan fingerprint density at radius 2 is 2.07 bits per heavy atom. The second kappa shape index (κ2) is 7.63. The van der Waals surface area contributed by atoms with Gasteiger partial charge in [0, 0.05) is 24.6 Å². The summed E-state index contributed by atoms with van der Waals surface area (Å²) in [5, 5.41) is 5.94. The Morgan fingerprint density at radius 1 is 1.27 bits per heavy atom. The maximum absolute atomic E-state index is 13.3. The van der Waals surface area contributed by atoms with Gasteiger partial charge in [0.1, 0.15) is 11.8 Å². The molecule has 2 aromatic rings. The van der Waals surface area contributed by atoms with Crippen LogP contribution in [0.25, 0.3) is 11.3 Å². The summed E-state index contributed by atoms with van der Waals surface area (Å²) in [6.45, 7) is 6.46. The summed E-state index contributed by atoms with van der Waals surface area (Å²) in [5.74, 6) is 0.245. The minimum Gasteiger partial charge on any atom is -0.464 e. The van der Waals surface area contributed by atoms with Crippen LogP contribution in [0.4, 0.5) is 5.69 Å². The Bertz CT molecular complexity index is 975. The molecule has 1 aromatic carbocycles. The lowest BCUT2D eigenvalue weighted by Gasteiger charge is -2.37. The van der Waals surface area contributed by atoms with Crippen molar-refractivity contribution in [3.8, 4) is 11.3 Å². The van der Waals surface area contributed by atoms with E-state index in [0.717, 1.165) is 5.56 Å². The van der Waals surface area contributed by atoms with E-state index in [9.17, 15) is 14.4 Å². The topological polar surface area (TPSA) is 91.7 Å². The van der Waals surface area contributed by atoms with Gasteiger partial charge in [-0.15, -0.1) is 0 Å². The second-order valence-electron chi connectivity index (χ2n) is 9.27. The Morgan fingerprint density at radius 3 is 2.77 bits per heavy atom. The number of fused-ring (bicyclic) bond motifs is 2. The van der Waals surface area contributed by atoms with Crippen molar-refractivity contribution in [3.05, 3.63) is 42.2 Å². The molecule has 0 saturated carbocycles. The summed E-state index contributed by atoms with van der Waals surface area (Å²) in [4.78, 5) is 40.1. The van der Waals surface area contributed by atoms with Crippen molar-refractivity contribution in [2.45, 2.75) is 52.1 Å². The molecule has 4 rings (SSSR count). The van der Waals surface area contributed by atoms with Crippen molar-refractivity contribution < 1.29 is 18.8 Å². The lowest BCUT2D eigenvalue weighted by Crippen LogP contribution is -2.55. The Balaban J connectivity index is 1.53. The van der Waals surface area contributed by atoms with Gasteiger partial charge in [0.15, 0.2) is 0 Å². The number of nitrogens with one attached hydrogen (secondary N) is 2. The minimum absolute atomic E-state index is 0.0207. The lowest BCUT2D eigenvalue weighted by molar-refractivity contribution is -0.126. The Labute approximate surface area is 175 Å². The summed E-state index contributed by atoms with van der Waals surface area (Å²) in [6, 6.07) is 8.21. The molecule has 7 heteroatoms. The van der Waals surface area contributed by atoms with E-state index in [-0.39, 0.29) is 29.2 Å². The van der Waals surface area contributed by atoms with Crippen molar-refractivity contribution in [3.63, 3.8) is 0 Å². The predicted molar refractivity (Wildman–Crippen MR) is 113 cm³/mol. The van der Waals surface area contributed by atoms with E-state index in [1.807, 2.05) is 32.9 Å². The number of benzene rings is 1. The molecule has 2 aliphatic rings. The summed E-state index contributed by atoms with van der Waals surface area (Å²) >= 11 is 0. The van der Waals surface area contributed by atoms with Crippen molar-refractivity contribution in [2.75, 3.05) is 11.9 Å². The van der Waals surface area contributed by atoms with E-state index in [4.69, 9.17) is 4.42 Å². The molecule has 1 fully saturated rings. The maximum atomic E-state index is 13.3. The van der Waals surface area contributed by atoms with E-state index in [0.29, 0.717) is 42.8 Å². The molecule has 2 atom stereocenters. The molecule has 30 heavy (non-hydrogen) atoms. The van der Waals surface area contributed by atoms with Crippen LogP contribution in [0.3, 0.4) is 0 Å². The number of hydrogen-bond acceptors (Lipinski definition) is 4. The standard InChI is InChI=1S/C23H27N3O4/c1-23(2,3)13-20(27)24-15-8-9-26-18(12-15)21(28)25-17-7-6-14(11-16(17)22(26)29)19-5-4-10-30-19/h4-7,10-11,15,18H,8-9,12-13H2,1-3H3,(H,24,27)(H,25,28)/t15-,18-/m0/s1. The number of carbonyl (C=O) groups is 3. The van der Waals surface area contributed by atoms with E-state index in [1.165, 1.54) is 0 Å². The third-order valence-corrected chi connectivity index (χ3v) is 5.54. The molecule has 0 radical (unpaired) electrons. The molecule has 158 valence electrons. The molecule has 0 spiro atoms. The predicted octanol–water partition coefficient (Wildman–Crippen LogP) is 3.42. The number of furan rings is 1. The van der Waals surface area contributed by atoms with Crippen LogP contribution in [0.5, 0.6) is 0 Å². The normalized spacial score (nSPS) is 21.4. The fourth-order valence-electron chi connectivity index (χ4n) is 4.15. The zero-order valence-electron chi connectivity index (χ0n) is 17.5. The van der Waals surface area contributed by atoms with Crippen molar-refractivity contribution in [1.29, 1.82) is 0 Å². The summed E-state index contributed by atoms with van der Waals surface area (Å²) in [7, 11) is 0. The van der Waals surface area contributed by atoms with Crippen LogP contribution in [0, 0.1) is 5.41 Å². The second-order valence-corrected chi connectivity index (χ2v) is 9.27. The van der Waals surface area contributed by atoms with Crippen molar-refractivity contribution in [1.82, 2.24) is 10.2 Å². The zero-order valence-corrected chi connectivity index (χ0v) is 17.5. The molecule has 0 bridgehead atoms. The molecule has 0 unspecified atom stereocenters. The van der Waals surface area contributed by atoms with Gasteiger partial charge in [-0.2, -0.15) is 0 Å². The van der Waals surface area contributed by atoms with Crippen LogP contribution in [-0.4, -0.2) is 41.2 Å². The Kier molecular flexibility index (Phi) is 5.13. The number of piperidine rings is 1. The summed E-state index contributed by atoms with van der Waals surface area (Å²) < 4.78 is 5.44. The number of anilines is 1. The van der Waals surface area contributed by atoms with Gasteiger partial charge >= 0.3 is 0 Å². The van der Waals surface area contributed by atoms with Gasteiger partial charge in [-0.1, -0.05) is 20.8 Å². The van der Waals surface area contributed by atoms with Gasteiger partial charge in [-0.05, 0) is 48.6 Å². The number of amides is 3. The summed E-state index contributed by atoms with van der Waals surface area (Å²) in [6.07, 6.45) is 3.04. The fraction of sp³-hybridized carbons (Fsp3) is 0.435. The van der Waals surface area contributed by atoms with Gasteiger partial charge in [0.05, 0.1) is 17.5 Å². The largest absolute Gasteiger partial charge is 0.464 e. The smallest absolute Gasteiger partial charge is 0.256 e. The highest BCUT2D eigenvalue weighted by molar-refractivity contribution is 6.10. The first-order chi connectivity index (χ1) is 14.2. The lowest BCUT2D eigenvalue weighted by atomic mass is 9.91. The SMILES string of the molecule is CC(C)(C)CC(=O)N[C@H]1CCN2C(=O)c3cc(-c4ccco4)ccc3NC(=O)[C@@H]2C1. The summed E-state index contributed by atoms with van der Waals surface area (Å²) in [5.41, 5.74) is 1.63. The number of hydrogen-bond donors (Lipinski definition) is 2. The highest BCUT2D eigenvalue weighted by atomic mass is 16.3. The third kappa shape index (κ3) is 4.10. The van der Waals surface area contributed by atoms with Crippen LogP contribution >= 0.6 is 0 Å². The highest BCUT2D eigenvalue weighted by Gasteiger charge is 2.40. The zero-order chi connectivity index (χ0) is 21.5. The highest BCUT2D eigenvalue weighted by Crippen LogP contribution is 2.32. The quantitative estimate of drug-likeness (QED) is 0.813. The number of rotatable bonds is 3. The first-order valence-electron chi connectivity index (χ1n) is 10.3. The van der Waals surface area contributed by atoms with E-state index < -0.39 is 6.04 Å². The Hall–Kier alpha value is -3.09. The van der Waals surface area contributed by atoms with Gasteiger partial charge in [0.2, 0.25) is 11.8 Å². The maximum Gasteiger partial charge on any atom is 0.256 e. The van der Waals surface area contributed by atoms with Crippen LogP contribution in [-0.2, 0) is 9.59 Å². The van der Waals surface area contributed by atoms with Crippen LogP contribution in [0.1, 0.15) is 50.4 Å². The molecular formula is C23H27N3O4. The third-order valence-electron chi connectivity index (χ3n) is 5.54. The molecule has 0 aliphatic carbocycles. The molecule has 3 amide bonds. The fourth-order valence-corrected chi connectivity index (χ4v) is 4.15. The number of nitrogens with zero attached hydrogens (tertiary/aromatic N) is 1. The van der Waals surface area contributed by atoms with Gasteiger partial charge in [-0.25, -0.2) is 0 Å². The van der Waals surface area contributed by atoms with Gasteiger partial charge in [0.25, 0.3) is 5.91 Å². The average molecular weight is 409 g/mol. The molecule has 7 nitrogen and oxygen atoms in total. The van der Waals surface area contributed by atoms with Gasteiger partial charge in [-0.3, -0.25) is 14.4 Å². The molecule has 2 aliphatic heterocycles. The first kappa shape index (κ1) is 20.2.